The number of hydrogen-bond donors (Lipinski definition) is 1. The number of rotatable bonds is 3. The lowest BCUT2D eigenvalue weighted by Gasteiger charge is -2.26. The smallest absolute Gasteiger partial charge is 0.230 e. The van der Waals surface area contributed by atoms with E-state index in [9.17, 15) is 9.18 Å². The van der Waals surface area contributed by atoms with E-state index in [1.165, 1.54) is 17.7 Å². The Morgan fingerprint density at radius 1 is 1.20 bits per heavy atom. The van der Waals surface area contributed by atoms with E-state index in [0.717, 1.165) is 44.1 Å². The summed E-state index contributed by atoms with van der Waals surface area (Å²) < 4.78 is 13.0. The van der Waals surface area contributed by atoms with Gasteiger partial charge < -0.3 is 5.32 Å². The summed E-state index contributed by atoms with van der Waals surface area (Å²) in [6.45, 7) is 4.00. The summed E-state index contributed by atoms with van der Waals surface area (Å²) in [5, 5.41) is 3.18. The minimum atomic E-state index is -0.401. The van der Waals surface area contributed by atoms with Crippen LogP contribution in [0.15, 0.2) is 36.4 Å². The van der Waals surface area contributed by atoms with Crippen LogP contribution in [-0.4, -0.2) is 11.9 Å². The van der Waals surface area contributed by atoms with Crippen LogP contribution in [0, 0.1) is 5.82 Å². The average Bonchev–Trinajstić information content (AvgIpc) is 3.24. The van der Waals surface area contributed by atoms with Crippen molar-refractivity contribution in [3.05, 3.63) is 47.8 Å². The first-order chi connectivity index (χ1) is 9.60. The number of benzene rings is 1. The molecule has 0 bridgehead atoms. The van der Waals surface area contributed by atoms with Gasteiger partial charge in [0.1, 0.15) is 5.82 Å². The third-order valence-electron chi connectivity index (χ3n) is 4.61. The van der Waals surface area contributed by atoms with Crippen LogP contribution in [0.25, 0.3) is 0 Å². The predicted molar refractivity (Wildman–Crippen MR) is 76.9 cm³/mol. The van der Waals surface area contributed by atoms with Gasteiger partial charge in [0.05, 0.1) is 5.41 Å². The fourth-order valence-electron chi connectivity index (χ4n) is 3.03. The zero-order chi connectivity index (χ0) is 14.2. The minimum Gasteiger partial charge on any atom is -0.353 e. The topological polar surface area (TPSA) is 29.1 Å². The number of carbonyl (C=O) groups is 1. The van der Waals surface area contributed by atoms with E-state index in [1.54, 1.807) is 12.1 Å². The Labute approximate surface area is 119 Å². The summed E-state index contributed by atoms with van der Waals surface area (Å²) in [5.74, 6) is -0.141. The molecule has 2 aliphatic carbocycles. The van der Waals surface area contributed by atoms with Crippen LogP contribution in [0.4, 0.5) is 4.39 Å². The SMILES string of the molecule is C=C1CCC(NC(=O)C2(c3ccc(F)cc3)CC2)CC1. The Morgan fingerprint density at radius 3 is 2.35 bits per heavy atom. The predicted octanol–water partition coefficient (Wildman–Crippen LogP) is 3.47. The second-order valence-corrected chi connectivity index (χ2v) is 6.09. The van der Waals surface area contributed by atoms with E-state index in [2.05, 4.69) is 11.9 Å². The summed E-state index contributed by atoms with van der Waals surface area (Å²) >= 11 is 0. The highest BCUT2D eigenvalue weighted by atomic mass is 19.1. The highest BCUT2D eigenvalue weighted by molar-refractivity contribution is 5.91. The van der Waals surface area contributed by atoms with Crippen molar-refractivity contribution in [3.63, 3.8) is 0 Å². The Kier molecular flexibility index (Phi) is 3.36. The van der Waals surface area contributed by atoms with E-state index in [-0.39, 0.29) is 17.8 Å². The molecule has 106 valence electrons. The zero-order valence-electron chi connectivity index (χ0n) is 11.6. The molecule has 0 atom stereocenters. The van der Waals surface area contributed by atoms with E-state index in [1.807, 2.05) is 0 Å². The Morgan fingerprint density at radius 2 is 1.80 bits per heavy atom. The molecule has 2 fully saturated rings. The Bertz CT molecular complexity index is 520. The molecule has 3 rings (SSSR count). The number of amides is 1. The molecule has 0 saturated heterocycles. The van der Waals surface area contributed by atoms with Crippen LogP contribution in [0.1, 0.15) is 44.1 Å². The van der Waals surface area contributed by atoms with Gasteiger partial charge in [0.25, 0.3) is 0 Å². The van der Waals surface area contributed by atoms with Gasteiger partial charge in [-0.2, -0.15) is 0 Å². The number of carbonyl (C=O) groups excluding carboxylic acids is 1. The van der Waals surface area contributed by atoms with Crippen molar-refractivity contribution in [2.45, 2.75) is 50.0 Å². The van der Waals surface area contributed by atoms with Crippen molar-refractivity contribution in [1.82, 2.24) is 5.32 Å². The molecule has 2 nitrogen and oxygen atoms in total. The van der Waals surface area contributed by atoms with E-state index < -0.39 is 5.41 Å². The second-order valence-electron chi connectivity index (χ2n) is 6.09. The highest BCUT2D eigenvalue weighted by Crippen LogP contribution is 2.48. The molecule has 0 radical (unpaired) electrons. The molecule has 0 aromatic heterocycles. The van der Waals surface area contributed by atoms with Crippen molar-refractivity contribution >= 4 is 5.91 Å². The molecule has 0 heterocycles. The van der Waals surface area contributed by atoms with Gasteiger partial charge in [-0.1, -0.05) is 24.3 Å². The van der Waals surface area contributed by atoms with Gasteiger partial charge in [-0.25, -0.2) is 4.39 Å². The molecule has 2 aliphatic rings. The van der Waals surface area contributed by atoms with Crippen molar-refractivity contribution in [2.24, 2.45) is 0 Å². The molecular formula is C17H20FNO. The van der Waals surface area contributed by atoms with Crippen molar-refractivity contribution in [2.75, 3.05) is 0 Å². The van der Waals surface area contributed by atoms with Crippen molar-refractivity contribution in [1.29, 1.82) is 0 Å². The average molecular weight is 273 g/mol. The maximum Gasteiger partial charge on any atom is 0.230 e. The number of allylic oxidation sites excluding steroid dienone is 1. The van der Waals surface area contributed by atoms with Gasteiger partial charge in [-0.3, -0.25) is 4.79 Å². The normalized spacial score (nSPS) is 21.6. The summed E-state index contributed by atoms with van der Waals surface area (Å²) in [5.41, 5.74) is 1.83. The van der Waals surface area contributed by atoms with Crippen LogP contribution in [0.2, 0.25) is 0 Å². The van der Waals surface area contributed by atoms with Gasteiger partial charge in [0.2, 0.25) is 5.91 Å². The van der Waals surface area contributed by atoms with E-state index >= 15 is 0 Å². The molecule has 1 aromatic carbocycles. The first-order valence-electron chi connectivity index (χ1n) is 7.34. The van der Waals surface area contributed by atoms with Crippen LogP contribution in [-0.2, 0) is 10.2 Å². The molecule has 1 aromatic rings. The largest absolute Gasteiger partial charge is 0.353 e. The van der Waals surface area contributed by atoms with Gasteiger partial charge in [-0.05, 0) is 56.2 Å². The Hall–Kier alpha value is -1.64. The molecule has 1 amide bonds. The summed E-state index contributed by atoms with van der Waals surface area (Å²) in [6.07, 6.45) is 5.73. The quantitative estimate of drug-likeness (QED) is 0.839. The summed E-state index contributed by atoms with van der Waals surface area (Å²) in [6, 6.07) is 6.63. The molecule has 20 heavy (non-hydrogen) atoms. The third kappa shape index (κ3) is 2.49. The lowest BCUT2D eigenvalue weighted by Crippen LogP contribution is -2.42. The monoisotopic (exact) mass is 273 g/mol. The van der Waals surface area contributed by atoms with Crippen LogP contribution < -0.4 is 5.32 Å². The lowest BCUT2D eigenvalue weighted by molar-refractivity contribution is -0.124. The van der Waals surface area contributed by atoms with Gasteiger partial charge in [0, 0.05) is 6.04 Å². The maximum absolute atomic E-state index is 13.0. The maximum atomic E-state index is 13.0. The highest BCUT2D eigenvalue weighted by Gasteiger charge is 2.51. The molecule has 0 aliphatic heterocycles. The fourth-order valence-corrected chi connectivity index (χ4v) is 3.03. The second kappa shape index (κ2) is 5.04. The molecule has 0 spiro atoms. The van der Waals surface area contributed by atoms with Crippen LogP contribution >= 0.6 is 0 Å². The minimum absolute atomic E-state index is 0.113. The van der Waals surface area contributed by atoms with E-state index in [0.29, 0.717) is 0 Å². The van der Waals surface area contributed by atoms with Gasteiger partial charge in [0.15, 0.2) is 0 Å². The molecule has 2 saturated carbocycles. The lowest BCUT2D eigenvalue weighted by atomic mass is 9.90. The van der Waals surface area contributed by atoms with E-state index in [4.69, 9.17) is 0 Å². The molecule has 3 heteroatoms. The fraction of sp³-hybridized carbons (Fsp3) is 0.471. The van der Waals surface area contributed by atoms with Gasteiger partial charge in [-0.15, -0.1) is 0 Å². The zero-order valence-corrected chi connectivity index (χ0v) is 11.6. The first kappa shape index (κ1) is 13.3. The summed E-state index contributed by atoms with van der Waals surface area (Å²) in [7, 11) is 0. The molecular weight excluding hydrogens is 253 g/mol. The van der Waals surface area contributed by atoms with Crippen molar-refractivity contribution in [3.8, 4) is 0 Å². The number of nitrogens with one attached hydrogen (secondary N) is 1. The summed E-state index contributed by atoms with van der Waals surface area (Å²) in [4.78, 5) is 12.5. The number of hydrogen-bond acceptors (Lipinski definition) is 1. The third-order valence-corrected chi connectivity index (χ3v) is 4.61. The molecule has 0 unspecified atom stereocenters. The first-order valence-corrected chi connectivity index (χ1v) is 7.34. The Balaban J connectivity index is 1.67. The van der Waals surface area contributed by atoms with Crippen LogP contribution in [0.5, 0.6) is 0 Å². The molecule has 1 N–H and O–H groups in total. The standard InChI is InChI=1S/C17H20FNO/c1-12-2-8-15(9-3-12)19-16(20)17(10-11-17)13-4-6-14(18)7-5-13/h4-7,15H,1-3,8-11H2,(H,19,20). The number of halogens is 1. The van der Waals surface area contributed by atoms with Crippen LogP contribution in [0.3, 0.4) is 0 Å². The van der Waals surface area contributed by atoms with Crippen molar-refractivity contribution < 1.29 is 9.18 Å². The van der Waals surface area contributed by atoms with Gasteiger partial charge >= 0.3 is 0 Å².